The van der Waals surface area contributed by atoms with Crippen LogP contribution in [0.2, 0.25) is 0 Å². The molecule has 4 atom stereocenters. The van der Waals surface area contributed by atoms with E-state index in [1.165, 1.54) is 32.1 Å². The number of carbonyl (C=O) groups excluding carboxylic acids is 2. The van der Waals surface area contributed by atoms with Crippen molar-refractivity contribution in [2.75, 3.05) is 24.7 Å². The highest BCUT2D eigenvalue weighted by Gasteiger charge is 2.38. The van der Waals surface area contributed by atoms with E-state index in [1.807, 2.05) is 18.2 Å². The Morgan fingerprint density at radius 2 is 1.79 bits per heavy atom. The largest absolute Gasteiger partial charge is 0.486 e. The van der Waals surface area contributed by atoms with E-state index >= 15 is 0 Å². The normalized spacial score (nSPS) is 31.3. The zero-order valence-electron chi connectivity index (χ0n) is 16.9. The molecule has 0 radical (unpaired) electrons. The predicted octanol–water partition coefficient (Wildman–Crippen LogP) is 3.29. The van der Waals surface area contributed by atoms with Crippen molar-refractivity contribution in [1.29, 1.82) is 0 Å². The van der Waals surface area contributed by atoms with Crippen LogP contribution in [0.1, 0.15) is 51.4 Å². The van der Waals surface area contributed by atoms with E-state index in [-0.39, 0.29) is 30.2 Å². The Bertz CT molecular complexity index is 795. The van der Waals surface area contributed by atoms with Gasteiger partial charge in [0.2, 0.25) is 11.8 Å². The first-order valence-corrected chi connectivity index (χ1v) is 11.2. The average Bonchev–Trinajstić information content (AvgIpc) is 3.15. The summed E-state index contributed by atoms with van der Waals surface area (Å²) in [4.78, 5) is 27.2. The van der Waals surface area contributed by atoms with Gasteiger partial charge in [0.25, 0.3) is 0 Å². The molecule has 29 heavy (non-hydrogen) atoms. The number of nitrogens with one attached hydrogen (secondary N) is 1. The number of carbonyl (C=O) groups is 2. The van der Waals surface area contributed by atoms with Crippen LogP contribution < -0.4 is 19.7 Å². The van der Waals surface area contributed by atoms with Gasteiger partial charge in [-0.15, -0.1) is 0 Å². The minimum Gasteiger partial charge on any atom is -0.486 e. The van der Waals surface area contributed by atoms with Crippen molar-refractivity contribution in [3.8, 4) is 11.5 Å². The molecule has 2 aliphatic carbocycles. The number of benzene rings is 1. The first-order valence-electron chi connectivity index (χ1n) is 11.2. The highest BCUT2D eigenvalue weighted by molar-refractivity contribution is 6.00. The highest BCUT2D eigenvalue weighted by Crippen LogP contribution is 2.41. The topological polar surface area (TPSA) is 67.9 Å². The number of anilines is 1. The van der Waals surface area contributed by atoms with Crippen LogP contribution in [0.5, 0.6) is 11.5 Å². The van der Waals surface area contributed by atoms with Gasteiger partial charge in [0.1, 0.15) is 13.2 Å². The van der Waals surface area contributed by atoms with E-state index in [1.54, 1.807) is 4.90 Å². The van der Waals surface area contributed by atoms with Crippen LogP contribution in [0, 0.1) is 17.8 Å². The van der Waals surface area contributed by atoms with Crippen LogP contribution >= 0.6 is 0 Å². The van der Waals surface area contributed by atoms with Gasteiger partial charge in [-0.2, -0.15) is 0 Å². The Balaban J connectivity index is 1.20. The summed E-state index contributed by atoms with van der Waals surface area (Å²) in [7, 11) is 0. The number of fused-ring (bicyclic) bond motifs is 2. The lowest BCUT2D eigenvalue weighted by Gasteiger charge is -2.39. The first kappa shape index (κ1) is 18.8. The third-order valence-electron chi connectivity index (χ3n) is 7.22. The molecule has 156 valence electrons. The Hall–Kier alpha value is -2.24. The molecule has 1 aromatic carbocycles. The molecule has 2 aliphatic heterocycles. The minimum atomic E-state index is -0.278. The van der Waals surface area contributed by atoms with Gasteiger partial charge in [-0.25, -0.2) is 0 Å². The molecule has 2 saturated carbocycles. The van der Waals surface area contributed by atoms with Crippen LogP contribution in [-0.2, 0) is 9.59 Å². The van der Waals surface area contributed by atoms with Crippen molar-refractivity contribution in [2.45, 2.75) is 57.4 Å². The van der Waals surface area contributed by atoms with Gasteiger partial charge in [-0.1, -0.05) is 25.7 Å². The second-order valence-electron chi connectivity index (χ2n) is 9.06. The molecule has 2 amide bonds. The van der Waals surface area contributed by atoms with Crippen LogP contribution in [0.4, 0.5) is 5.69 Å². The molecule has 0 unspecified atom stereocenters. The number of nitrogens with zero attached hydrogens (tertiary/aromatic N) is 1. The van der Waals surface area contributed by atoms with E-state index in [9.17, 15) is 9.59 Å². The second kappa shape index (κ2) is 7.88. The van der Waals surface area contributed by atoms with Gasteiger partial charge in [0, 0.05) is 30.8 Å². The molecule has 3 fully saturated rings. The lowest BCUT2D eigenvalue weighted by atomic mass is 9.69. The molecule has 1 saturated heterocycles. The summed E-state index contributed by atoms with van der Waals surface area (Å²) in [6.45, 7) is 1.49. The maximum atomic E-state index is 12.9. The quantitative estimate of drug-likeness (QED) is 0.848. The molecule has 6 heteroatoms. The third kappa shape index (κ3) is 3.81. The fourth-order valence-electron chi connectivity index (χ4n) is 5.66. The van der Waals surface area contributed by atoms with Gasteiger partial charge >= 0.3 is 0 Å². The summed E-state index contributed by atoms with van der Waals surface area (Å²) < 4.78 is 11.2. The highest BCUT2D eigenvalue weighted by atomic mass is 16.6. The molecule has 0 aromatic heterocycles. The number of ether oxygens (including phenoxy) is 2. The number of hydrogen-bond acceptors (Lipinski definition) is 4. The summed E-state index contributed by atoms with van der Waals surface area (Å²) >= 11 is 0. The molecule has 5 rings (SSSR count). The Labute approximate surface area is 171 Å². The fourth-order valence-corrected chi connectivity index (χ4v) is 5.66. The summed E-state index contributed by atoms with van der Waals surface area (Å²) in [5.74, 6) is 2.78. The summed E-state index contributed by atoms with van der Waals surface area (Å²) in [6, 6.07) is 5.83. The van der Waals surface area contributed by atoms with E-state index in [2.05, 4.69) is 5.32 Å². The minimum absolute atomic E-state index is 0.00202. The second-order valence-corrected chi connectivity index (χ2v) is 9.06. The molecule has 6 nitrogen and oxygen atoms in total. The van der Waals surface area contributed by atoms with E-state index < -0.39 is 0 Å². The van der Waals surface area contributed by atoms with Crippen molar-refractivity contribution >= 4 is 17.5 Å². The average molecular weight is 399 g/mol. The molecular weight excluding hydrogens is 368 g/mol. The van der Waals surface area contributed by atoms with Gasteiger partial charge in [0.15, 0.2) is 11.5 Å². The van der Waals surface area contributed by atoms with Crippen molar-refractivity contribution in [2.24, 2.45) is 17.8 Å². The molecule has 0 bridgehead atoms. The Morgan fingerprint density at radius 1 is 1.00 bits per heavy atom. The molecule has 0 spiro atoms. The third-order valence-corrected chi connectivity index (χ3v) is 7.22. The number of rotatable bonds is 3. The summed E-state index contributed by atoms with van der Waals surface area (Å²) in [6.07, 6.45) is 9.11. The standard InChI is InChI=1S/C23H30N2O4/c26-22-12-17(14-25(22)19-7-8-20-21(13-19)29-10-9-28-20)23(27)24-18-6-5-15-3-1-2-4-16(15)11-18/h7-8,13,15-18H,1-6,9-12,14H2,(H,24,27)/t15-,16-,17-,18-/m1/s1. The van der Waals surface area contributed by atoms with Crippen molar-refractivity contribution < 1.29 is 19.1 Å². The maximum Gasteiger partial charge on any atom is 0.227 e. The molecular formula is C23H30N2O4. The van der Waals surface area contributed by atoms with Crippen LogP contribution in [-0.4, -0.2) is 37.6 Å². The molecule has 2 heterocycles. The lowest BCUT2D eigenvalue weighted by molar-refractivity contribution is -0.127. The monoisotopic (exact) mass is 398 g/mol. The smallest absolute Gasteiger partial charge is 0.227 e. The SMILES string of the molecule is O=C(N[C@@H]1CC[C@H]2CCCC[C@@H]2C1)[C@@H]1CC(=O)N(c2ccc3c(c2)OCCO3)C1. The maximum absolute atomic E-state index is 12.9. The van der Waals surface area contributed by atoms with Crippen LogP contribution in [0.3, 0.4) is 0 Å². The van der Waals surface area contributed by atoms with E-state index in [0.717, 1.165) is 30.4 Å². The lowest BCUT2D eigenvalue weighted by Crippen LogP contribution is -2.44. The van der Waals surface area contributed by atoms with Gasteiger partial charge in [0.05, 0.1) is 5.92 Å². The number of amides is 2. The fraction of sp³-hybridized carbons (Fsp3) is 0.652. The van der Waals surface area contributed by atoms with E-state index in [0.29, 0.717) is 31.3 Å². The zero-order chi connectivity index (χ0) is 19.8. The summed E-state index contributed by atoms with van der Waals surface area (Å²) in [5, 5.41) is 3.27. The van der Waals surface area contributed by atoms with E-state index in [4.69, 9.17) is 9.47 Å². The first-order chi connectivity index (χ1) is 14.2. The number of hydrogen-bond donors (Lipinski definition) is 1. The van der Waals surface area contributed by atoms with Crippen molar-refractivity contribution in [3.63, 3.8) is 0 Å². The Morgan fingerprint density at radius 3 is 2.66 bits per heavy atom. The van der Waals surface area contributed by atoms with Crippen LogP contribution in [0.25, 0.3) is 0 Å². The van der Waals surface area contributed by atoms with Gasteiger partial charge in [-0.3, -0.25) is 9.59 Å². The van der Waals surface area contributed by atoms with Gasteiger partial charge < -0.3 is 19.7 Å². The summed E-state index contributed by atoms with van der Waals surface area (Å²) in [5.41, 5.74) is 0.775. The molecule has 1 aromatic rings. The van der Waals surface area contributed by atoms with Crippen LogP contribution in [0.15, 0.2) is 18.2 Å². The Kier molecular flexibility index (Phi) is 5.10. The van der Waals surface area contributed by atoms with Crippen molar-refractivity contribution in [3.05, 3.63) is 18.2 Å². The molecule has 4 aliphatic rings. The predicted molar refractivity (Wildman–Crippen MR) is 109 cm³/mol. The zero-order valence-corrected chi connectivity index (χ0v) is 16.9. The van der Waals surface area contributed by atoms with Gasteiger partial charge in [-0.05, 0) is 43.2 Å². The van der Waals surface area contributed by atoms with Crippen molar-refractivity contribution in [1.82, 2.24) is 5.32 Å². The molecule has 1 N–H and O–H groups in total.